The van der Waals surface area contributed by atoms with E-state index in [0.29, 0.717) is 6.42 Å². The maximum absolute atomic E-state index is 12.2. The third kappa shape index (κ3) is 22.6. The minimum absolute atomic E-state index is 0. The Hall–Kier alpha value is -0.990. The first-order chi connectivity index (χ1) is 15.3. The summed E-state index contributed by atoms with van der Waals surface area (Å²) < 4.78 is 31.9. The van der Waals surface area contributed by atoms with Gasteiger partial charge in [-0.25, -0.2) is 4.57 Å². The van der Waals surface area contributed by atoms with Gasteiger partial charge in [-0.2, -0.15) is 0 Å². The van der Waals surface area contributed by atoms with Crippen molar-refractivity contribution in [2.75, 3.05) is 26.4 Å². The van der Waals surface area contributed by atoms with Crippen LogP contribution in [0, 0.1) is 0 Å². The van der Waals surface area contributed by atoms with E-state index in [0.717, 1.165) is 44.9 Å². The maximum atomic E-state index is 12.2. The van der Waals surface area contributed by atoms with Crippen LogP contribution >= 0.6 is 7.82 Å². The molecule has 0 aromatic carbocycles. The van der Waals surface area contributed by atoms with Crippen LogP contribution in [0.4, 0.5) is 0 Å². The van der Waals surface area contributed by atoms with Crippen LogP contribution < -0.4 is 5.73 Å². The van der Waals surface area contributed by atoms with Gasteiger partial charge in [0.2, 0.25) is 0 Å². The number of carbonyl (C=O) groups excluding carboxylic acids is 2. The van der Waals surface area contributed by atoms with Gasteiger partial charge in [0, 0.05) is 19.4 Å². The number of carbonyl (C=O) groups is 2. The molecule has 0 bridgehead atoms. The van der Waals surface area contributed by atoms with Crippen molar-refractivity contribution in [1.82, 2.24) is 0 Å². The molecule has 0 saturated carbocycles. The lowest BCUT2D eigenvalue weighted by atomic mass is 10.1. The van der Waals surface area contributed by atoms with Crippen molar-refractivity contribution >= 4 is 19.8 Å². The molecule has 0 rings (SSSR count). The van der Waals surface area contributed by atoms with Crippen LogP contribution in [-0.2, 0) is 32.7 Å². The number of ether oxygens (including phenoxy) is 2. The Labute approximate surface area is 200 Å². The van der Waals surface area contributed by atoms with Crippen LogP contribution in [0.25, 0.3) is 0 Å². The molecule has 0 aliphatic carbocycles. The van der Waals surface area contributed by atoms with Crippen molar-refractivity contribution in [2.45, 2.75) is 111 Å². The first-order valence-electron chi connectivity index (χ1n) is 12.0. The Morgan fingerprint density at radius 1 is 0.818 bits per heavy atom. The monoisotopic (exact) mass is 497 g/mol. The SMILES string of the molecule is C.CCCCCCCCCC(=O)O[C@H](COC(=O)CCCCCC)COP(=O)(O)OCCN. The molecular formula is C23H48NO8P. The summed E-state index contributed by atoms with van der Waals surface area (Å²) in [5.74, 6) is -0.859. The van der Waals surface area contributed by atoms with Gasteiger partial charge < -0.3 is 20.1 Å². The smallest absolute Gasteiger partial charge is 0.462 e. The summed E-state index contributed by atoms with van der Waals surface area (Å²) in [4.78, 5) is 33.7. The molecule has 0 aliphatic rings. The molecule has 0 amide bonds. The molecule has 0 radical (unpaired) electrons. The van der Waals surface area contributed by atoms with Crippen molar-refractivity contribution in [3.63, 3.8) is 0 Å². The van der Waals surface area contributed by atoms with Gasteiger partial charge in [-0.3, -0.25) is 18.6 Å². The zero-order valence-corrected chi connectivity index (χ0v) is 20.8. The van der Waals surface area contributed by atoms with Crippen molar-refractivity contribution < 1.29 is 37.6 Å². The van der Waals surface area contributed by atoms with Gasteiger partial charge in [-0.1, -0.05) is 79.1 Å². The fraction of sp³-hybridized carbons (Fsp3) is 0.913. The average molecular weight is 498 g/mol. The van der Waals surface area contributed by atoms with Gasteiger partial charge in [0.15, 0.2) is 6.10 Å². The second-order valence-corrected chi connectivity index (χ2v) is 9.32. The first kappa shape index (κ1) is 34.2. The highest BCUT2D eigenvalue weighted by atomic mass is 31.2. The molecule has 9 nitrogen and oxygen atoms in total. The molecule has 0 aromatic heterocycles. The topological polar surface area (TPSA) is 134 Å². The predicted molar refractivity (Wildman–Crippen MR) is 130 cm³/mol. The summed E-state index contributed by atoms with van der Waals surface area (Å²) in [6, 6.07) is 0. The van der Waals surface area contributed by atoms with E-state index in [9.17, 15) is 19.0 Å². The van der Waals surface area contributed by atoms with Crippen LogP contribution in [0.15, 0.2) is 0 Å². The number of rotatable bonds is 22. The Balaban J connectivity index is 0. The van der Waals surface area contributed by atoms with E-state index >= 15 is 0 Å². The third-order valence-electron chi connectivity index (χ3n) is 4.74. The number of phosphoric acid groups is 1. The summed E-state index contributed by atoms with van der Waals surface area (Å²) in [5.41, 5.74) is 5.25. The summed E-state index contributed by atoms with van der Waals surface area (Å²) in [5, 5.41) is 0. The molecule has 3 N–H and O–H groups in total. The molecular weight excluding hydrogens is 449 g/mol. The molecule has 1 unspecified atom stereocenters. The van der Waals surface area contributed by atoms with Gasteiger partial charge >= 0.3 is 19.8 Å². The molecule has 0 fully saturated rings. The number of nitrogens with two attached hydrogens (primary N) is 1. The third-order valence-corrected chi connectivity index (χ3v) is 5.73. The summed E-state index contributed by atoms with van der Waals surface area (Å²) >= 11 is 0. The number of hydrogen-bond donors (Lipinski definition) is 2. The van der Waals surface area contributed by atoms with Gasteiger partial charge in [0.1, 0.15) is 6.61 Å². The van der Waals surface area contributed by atoms with E-state index in [1.165, 1.54) is 19.3 Å². The summed E-state index contributed by atoms with van der Waals surface area (Å²) in [7, 11) is -4.33. The summed E-state index contributed by atoms with van der Waals surface area (Å²) in [6.45, 7) is 3.49. The lowest BCUT2D eigenvalue weighted by Crippen LogP contribution is -2.29. The van der Waals surface area contributed by atoms with Crippen LogP contribution in [0.1, 0.15) is 105 Å². The van der Waals surface area contributed by atoms with E-state index in [2.05, 4.69) is 18.4 Å². The minimum atomic E-state index is -4.33. The Morgan fingerprint density at radius 3 is 1.91 bits per heavy atom. The van der Waals surface area contributed by atoms with Crippen molar-refractivity contribution in [2.24, 2.45) is 5.73 Å². The summed E-state index contributed by atoms with van der Waals surface area (Å²) in [6.07, 6.45) is 10.8. The lowest BCUT2D eigenvalue weighted by Gasteiger charge is -2.19. The van der Waals surface area contributed by atoms with Gasteiger partial charge in [0.05, 0.1) is 13.2 Å². The second kappa shape index (κ2) is 22.8. The van der Waals surface area contributed by atoms with E-state index < -0.39 is 32.5 Å². The second-order valence-electron chi connectivity index (χ2n) is 7.86. The zero-order chi connectivity index (χ0) is 24.1. The molecule has 0 aromatic rings. The van der Waals surface area contributed by atoms with Gasteiger partial charge in [-0.15, -0.1) is 0 Å². The largest absolute Gasteiger partial charge is 0.472 e. The Bertz CT molecular complexity index is 533. The van der Waals surface area contributed by atoms with Gasteiger partial charge in [0.25, 0.3) is 0 Å². The molecule has 0 heterocycles. The number of esters is 2. The van der Waals surface area contributed by atoms with Gasteiger partial charge in [-0.05, 0) is 12.8 Å². The van der Waals surface area contributed by atoms with Crippen LogP contribution in [0.2, 0.25) is 0 Å². The van der Waals surface area contributed by atoms with Crippen molar-refractivity contribution in [3.05, 3.63) is 0 Å². The molecule has 2 atom stereocenters. The molecule has 33 heavy (non-hydrogen) atoms. The van der Waals surface area contributed by atoms with Crippen molar-refractivity contribution in [3.8, 4) is 0 Å². The standard InChI is InChI=1S/C22H44NO8P.CH4/c1-3-5-7-9-10-11-13-15-22(25)31-20(19-30-32(26,27)29-17-16-23)18-28-21(24)14-12-8-6-4-2;/h20H,3-19,23H2,1-2H3,(H,26,27);1H4/t20-;/m1./s1. The lowest BCUT2D eigenvalue weighted by molar-refractivity contribution is -0.161. The molecule has 0 spiro atoms. The zero-order valence-electron chi connectivity index (χ0n) is 19.9. The van der Waals surface area contributed by atoms with E-state index in [4.69, 9.17) is 19.7 Å². The van der Waals surface area contributed by atoms with E-state index in [1.807, 2.05) is 0 Å². The number of hydrogen-bond acceptors (Lipinski definition) is 8. The van der Waals surface area contributed by atoms with E-state index in [-0.39, 0.29) is 40.0 Å². The van der Waals surface area contributed by atoms with Crippen LogP contribution in [-0.4, -0.2) is 49.3 Å². The fourth-order valence-corrected chi connectivity index (χ4v) is 3.69. The number of unbranched alkanes of at least 4 members (excludes halogenated alkanes) is 9. The molecule has 198 valence electrons. The first-order valence-corrected chi connectivity index (χ1v) is 13.5. The van der Waals surface area contributed by atoms with E-state index in [1.54, 1.807) is 0 Å². The average Bonchev–Trinajstić information content (AvgIpc) is 2.76. The minimum Gasteiger partial charge on any atom is -0.462 e. The van der Waals surface area contributed by atoms with Crippen molar-refractivity contribution in [1.29, 1.82) is 0 Å². The maximum Gasteiger partial charge on any atom is 0.472 e. The highest BCUT2D eigenvalue weighted by Gasteiger charge is 2.25. The van der Waals surface area contributed by atoms with Crippen LogP contribution in [0.5, 0.6) is 0 Å². The highest BCUT2D eigenvalue weighted by Crippen LogP contribution is 2.43. The molecule has 0 saturated heterocycles. The quantitative estimate of drug-likeness (QED) is 0.116. The predicted octanol–water partition coefficient (Wildman–Crippen LogP) is 5.28. The normalized spacial score (nSPS) is 13.6. The number of phosphoric ester groups is 1. The molecule has 0 aliphatic heterocycles. The Morgan fingerprint density at radius 2 is 1.33 bits per heavy atom. The fourth-order valence-electron chi connectivity index (χ4n) is 2.92. The Kier molecular flexibility index (Phi) is 23.6. The highest BCUT2D eigenvalue weighted by molar-refractivity contribution is 7.47. The van der Waals surface area contributed by atoms with Crippen LogP contribution in [0.3, 0.4) is 0 Å². The molecule has 10 heteroatoms.